The summed E-state index contributed by atoms with van der Waals surface area (Å²) in [5.41, 5.74) is -0.392. The SMILES string of the molecule is C#Cc1c(F)ccc2cccc(-c3ncc4c(N5CCN(C(=O)/C(F)=C/c6nccs6)C[C@@H]5C)nc(OC[C@@]56CCCN5C[C@H](F)C6)nc4c3F)c12. The molecular formula is C38H33F4N7O2S. The maximum atomic E-state index is 16.9. The summed E-state index contributed by atoms with van der Waals surface area (Å²) in [5.74, 6) is -0.349. The zero-order valence-electron chi connectivity index (χ0n) is 28.2. The first-order valence-corrected chi connectivity index (χ1v) is 17.9. The lowest BCUT2D eigenvalue weighted by molar-refractivity contribution is -0.129. The fraction of sp³-hybridized carbons (Fsp3) is 0.342. The van der Waals surface area contributed by atoms with Gasteiger partial charge in [0.2, 0.25) is 0 Å². The lowest BCUT2D eigenvalue weighted by atomic mass is 9.95. The van der Waals surface area contributed by atoms with Gasteiger partial charge in [-0.25, -0.2) is 22.5 Å². The van der Waals surface area contributed by atoms with Crippen molar-refractivity contribution in [1.82, 2.24) is 29.7 Å². The van der Waals surface area contributed by atoms with Crippen LogP contribution in [-0.2, 0) is 4.79 Å². The number of amides is 1. The third-order valence-corrected chi connectivity index (χ3v) is 11.1. The van der Waals surface area contributed by atoms with Gasteiger partial charge in [0.15, 0.2) is 11.6 Å². The number of fused-ring (bicyclic) bond motifs is 3. The molecule has 0 spiro atoms. The number of ether oxygens (including phenoxy) is 1. The van der Waals surface area contributed by atoms with Gasteiger partial charge in [-0.2, -0.15) is 9.97 Å². The number of hydrogen-bond donors (Lipinski definition) is 0. The van der Waals surface area contributed by atoms with Crippen molar-refractivity contribution in [2.45, 2.75) is 43.9 Å². The van der Waals surface area contributed by atoms with Crippen molar-refractivity contribution < 1.29 is 27.1 Å². The number of hydrogen-bond acceptors (Lipinski definition) is 9. The maximum absolute atomic E-state index is 16.9. The molecule has 3 aliphatic heterocycles. The Morgan fingerprint density at radius 2 is 2.02 bits per heavy atom. The second kappa shape index (κ2) is 13.4. The van der Waals surface area contributed by atoms with E-state index in [-0.39, 0.29) is 60.5 Å². The van der Waals surface area contributed by atoms with Crippen molar-refractivity contribution in [1.29, 1.82) is 0 Å². The van der Waals surface area contributed by atoms with E-state index in [1.807, 2.05) is 11.8 Å². The molecule has 3 saturated heterocycles. The van der Waals surface area contributed by atoms with E-state index in [0.717, 1.165) is 25.5 Å². The van der Waals surface area contributed by atoms with E-state index in [0.29, 0.717) is 40.1 Å². The summed E-state index contributed by atoms with van der Waals surface area (Å²) in [6, 6.07) is 7.46. The van der Waals surface area contributed by atoms with Gasteiger partial charge in [-0.05, 0) is 37.8 Å². The lowest BCUT2D eigenvalue weighted by Crippen LogP contribution is -2.54. The van der Waals surface area contributed by atoms with Crippen LogP contribution in [0.1, 0.15) is 36.8 Å². The molecule has 3 fully saturated rings. The third-order valence-electron chi connectivity index (χ3n) is 10.4. The van der Waals surface area contributed by atoms with Crippen molar-refractivity contribution in [3.63, 3.8) is 0 Å². The standard InChI is InChI=1S/C38H33F4N7O2S/c1-3-25-28(40)9-8-23-6-4-7-26(31(23)25)33-32(42)34-27(18-44-33)35(46-37(45-34)51-21-38-10-5-12-48(38)20-24(39)17-38)49-14-13-47(19-22(49)2)36(50)29(41)16-30-43-11-15-52-30/h1,4,6-9,11,15-16,18,22,24H,5,10,12-14,17,19-21H2,2H3/b29-16-/t22-,24+,38-/m0/s1. The summed E-state index contributed by atoms with van der Waals surface area (Å²) >= 11 is 1.22. The molecule has 52 heavy (non-hydrogen) atoms. The van der Waals surface area contributed by atoms with Crippen LogP contribution >= 0.6 is 11.3 Å². The van der Waals surface area contributed by atoms with E-state index in [4.69, 9.17) is 16.1 Å². The number of terminal acetylenes is 1. The monoisotopic (exact) mass is 727 g/mol. The predicted molar refractivity (Wildman–Crippen MR) is 191 cm³/mol. The van der Waals surface area contributed by atoms with Gasteiger partial charge in [-0.1, -0.05) is 30.2 Å². The molecule has 3 aromatic heterocycles. The minimum Gasteiger partial charge on any atom is -0.461 e. The van der Waals surface area contributed by atoms with E-state index in [9.17, 15) is 18.0 Å². The number of benzene rings is 2. The highest BCUT2D eigenvalue weighted by Crippen LogP contribution is 2.41. The predicted octanol–water partition coefficient (Wildman–Crippen LogP) is 6.56. The first kappa shape index (κ1) is 34.0. The number of aromatic nitrogens is 4. The molecule has 3 atom stereocenters. The van der Waals surface area contributed by atoms with Crippen LogP contribution in [0.3, 0.4) is 0 Å². The van der Waals surface area contributed by atoms with Gasteiger partial charge in [-0.15, -0.1) is 17.8 Å². The van der Waals surface area contributed by atoms with Gasteiger partial charge in [0, 0.05) is 73.4 Å². The molecule has 6 heterocycles. The van der Waals surface area contributed by atoms with Crippen molar-refractivity contribution in [3.05, 3.63) is 76.1 Å². The van der Waals surface area contributed by atoms with Gasteiger partial charge in [0.1, 0.15) is 40.6 Å². The largest absolute Gasteiger partial charge is 0.461 e. The number of rotatable bonds is 7. The Labute approximate surface area is 301 Å². The molecule has 0 bridgehead atoms. The Morgan fingerprint density at radius 1 is 1.15 bits per heavy atom. The van der Waals surface area contributed by atoms with Crippen LogP contribution in [0, 0.1) is 24.0 Å². The van der Waals surface area contributed by atoms with Crippen LogP contribution in [0.2, 0.25) is 0 Å². The molecule has 5 aromatic rings. The van der Waals surface area contributed by atoms with Crippen LogP contribution in [0.4, 0.5) is 23.4 Å². The Balaban J connectivity index is 1.19. The summed E-state index contributed by atoms with van der Waals surface area (Å²) in [7, 11) is 0. The molecule has 0 saturated carbocycles. The minimum absolute atomic E-state index is 0.0101. The molecule has 14 heteroatoms. The van der Waals surface area contributed by atoms with Gasteiger partial charge in [0.25, 0.3) is 5.91 Å². The average Bonchev–Trinajstić information content (AvgIpc) is 3.87. The highest BCUT2D eigenvalue weighted by atomic mass is 32.1. The molecule has 9 nitrogen and oxygen atoms in total. The molecule has 2 aromatic carbocycles. The van der Waals surface area contributed by atoms with Gasteiger partial charge in [-0.3, -0.25) is 14.7 Å². The molecule has 3 aliphatic rings. The molecule has 266 valence electrons. The van der Waals surface area contributed by atoms with Gasteiger partial charge < -0.3 is 14.5 Å². The Morgan fingerprint density at radius 3 is 2.81 bits per heavy atom. The zero-order valence-corrected chi connectivity index (χ0v) is 29.0. The third kappa shape index (κ3) is 5.91. The second-order valence-corrected chi connectivity index (χ2v) is 14.4. The first-order valence-electron chi connectivity index (χ1n) is 17.0. The molecule has 0 radical (unpaired) electrons. The summed E-state index contributed by atoms with van der Waals surface area (Å²) < 4.78 is 67.6. The molecular weight excluding hydrogens is 695 g/mol. The number of nitrogens with zero attached hydrogens (tertiary/aromatic N) is 7. The van der Waals surface area contributed by atoms with Crippen molar-refractivity contribution >= 4 is 50.8 Å². The number of pyridine rings is 1. The van der Waals surface area contributed by atoms with Gasteiger partial charge in [0.05, 0.1) is 16.5 Å². The Hall–Kier alpha value is -5.13. The minimum atomic E-state index is -0.970. The normalized spacial score (nSPS) is 22.3. The number of anilines is 1. The average molecular weight is 728 g/mol. The fourth-order valence-corrected chi connectivity index (χ4v) is 8.47. The maximum Gasteiger partial charge on any atom is 0.319 e. The summed E-state index contributed by atoms with van der Waals surface area (Å²) in [4.78, 5) is 36.3. The number of halogens is 4. The van der Waals surface area contributed by atoms with Crippen LogP contribution in [0.15, 0.2) is 53.9 Å². The highest BCUT2D eigenvalue weighted by Gasteiger charge is 2.49. The summed E-state index contributed by atoms with van der Waals surface area (Å²) in [6.07, 6.45) is 10.8. The van der Waals surface area contributed by atoms with E-state index >= 15 is 4.39 Å². The number of carbonyl (C=O) groups is 1. The van der Waals surface area contributed by atoms with Crippen molar-refractivity contribution in [2.75, 3.05) is 44.2 Å². The topological polar surface area (TPSA) is 87.6 Å². The van der Waals surface area contributed by atoms with Crippen LogP contribution < -0.4 is 9.64 Å². The highest BCUT2D eigenvalue weighted by molar-refractivity contribution is 7.10. The quantitative estimate of drug-likeness (QED) is 0.106. The summed E-state index contributed by atoms with van der Waals surface area (Å²) in [5, 5.41) is 3.32. The number of alkyl halides is 1. The van der Waals surface area contributed by atoms with Crippen molar-refractivity contribution in [2.24, 2.45) is 0 Å². The molecule has 1 amide bonds. The zero-order chi connectivity index (χ0) is 36.1. The fourth-order valence-electron chi connectivity index (χ4n) is 7.92. The van der Waals surface area contributed by atoms with Crippen LogP contribution in [0.25, 0.3) is 39.0 Å². The molecule has 0 aliphatic carbocycles. The first-order chi connectivity index (χ1) is 25.2. The molecule has 8 rings (SSSR count). The van der Waals surface area contributed by atoms with Crippen LogP contribution in [0.5, 0.6) is 6.01 Å². The van der Waals surface area contributed by atoms with E-state index in [1.165, 1.54) is 34.7 Å². The number of thiazole rings is 1. The lowest BCUT2D eigenvalue weighted by Gasteiger charge is -2.40. The van der Waals surface area contributed by atoms with Crippen molar-refractivity contribution in [3.8, 4) is 29.6 Å². The van der Waals surface area contributed by atoms with Gasteiger partial charge >= 0.3 is 6.01 Å². The number of carbonyl (C=O) groups excluding carboxylic acids is 1. The van der Waals surface area contributed by atoms with E-state index in [1.54, 1.807) is 29.6 Å². The molecule has 0 N–H and O–H groups in total. The van der Waals surface area contributed by atoms with E-state index in [2.05, 4.69) is 25.8 Å². The van der Waals surface area contributed by atoms with Crippen LogP contribution in [-0.4, -0.2) is 92.7 Å². The Bertz CT molecular complexity index is 2280. The number of piperazine rings is 1. The second-order valence-electron chi connectivity index (χ2n) is 13.5. The molecule has 0 unspecified atom stereocenters. The van der Waals surface area contributed by atoms with E-state index < -0.39 is 35.1 Å². The Kier molecular flexibility index (Phi) is 8.79. The smallest absolute Gasteiger partial charge is 0.319 e. The summed E-state index contributed by atoms with van der Waals surface area (Å²) in [6.45, 7) is 3.63.